The summed E-state index contributed by atoms with van der Waals surface area (Å²) in [6.45, 7) is 7.22. The molecule has 1 atom stereocenters. The molecule has 4 heteroatoms. The average molecular weight is 471 g/mol. The lowest BCUT2D eigenvalue weighted by Crippen LogP contribution is -2.50. The number of aryl methyl sites for hydroxylation is 3. The first-order valence-electron chi connectivity index (χ1n) is 12.7. The Morgan fingerprint density at radius 2 is 1.43 bits per heavy atom. The summed E-state index contributed by atoms with van der Waals surface area (Å²) in [6, 6.07) is 26.0. The Hall–Kier alpha value is -3.40. The fraction of sp³-hybridized carbons (Fsp3) is 0.355. The van der Waals surface area contributed by atoms with Gasteiger partial charge in [-0.25, -0.2) is 0 Å². The molecule has 3 rings (SSSR count). The van der Waals surface area contributed by atoms with Crippen molar-refractivity contribution in [3.05, 3.63) is 107 Å². The summed E-state index contributed by atoms with van der Waals surface area (Å²) in [5, 5.41) is 3.04. The number of nitrogens with zero attached hydrogens (tertiary/aromatic N) is 1. The van der Waals surface area contributed by atoms with Crippen molar-refractivity contribution in [3.63, 3.8) is 0 Å². The molecule has 0 aromatic heterocycles. The zero-order chi connectivity index (χ0) is 25.0. The van der Waals surface area contributed by atoms with E-state index in [0.717, 1.165) is 29.5 Å². The summed E-state index contributed by atoms with van der Waals surface area (Å²) >= 11 is 0. The van der Waals surface area contributed by atoms with E-state index < -0.39 is 6.04 Å². The van der Waals surface area contributed by atoms with Gasteiger partial charge in [-0.3, -0.25) is 9.59 Å². The van der Waals surface area contributed by atoms with Crippen LogP contribution in [0.4, 0.5) is 0 Å². The Kier molecular flexibility index (Phi) is 10.1. The maximum Gasteiger partial charge on any atom is 0.243 e. The zero-order valence-corrected chi connectivity index (χ0v) is 21.3. The van der Waals surface area contributed by atoms with Crippen molar-refractivity contribution in [1.29, 1.82) is 0 Å². The fourth-order valence-electron chi connectivity index (χ4n) is 4.15. The molecule has 0 saturated heterocycles. The van der Waals surface area contributed by atoms with E-state index in [-0.39, 0.29) is 11.8 Å². The second kappa shape index (κ2) is 13.5. The van der Waals surface area contributed by atoms with Gasteiger partial charge in [0.1, 0.15) is 6.04 Å². The van der Waals surface area contributed by atoms with Gasteiger partial charge in [0.2, 0.25) is 11.8 Å². The van der Waals surface area contributed by atoms with Gasteiger partial charge in [-0.2, -0.15) is 0 Å². The van der Waals surface area contributed by atoms with E-state index in [0.29, 0.717) is 32.4 Å². The zero-order valence-electron chi connectivity index (χ0n) is 21.3. The molecule has 0 aliphatic heterocycles. The topological polar surface area (TPSA) is 49.4 Å². The van der Waals surface area contributed by atoms with Crippen molar-refractivity contribution in [1.82, 2.24) is 10.2 Å². The minimum atomic E-state index is -0.569. The highest BCUT2D eigenvalue weighted by molar-refractivity contribution is 5.88. The highest BCUT2D eigenvalue weighted by Crippen LogP contribution is 2.18. The van der Waals surface area contributed by atoms with Crippen molar-refractivity contribution in [2.45, 2.75) is 65.5 Å². The van der Waals surface area contributed by atoms with Gasteiger partial charge in [-0.05, 0) is 48.4 Å². The third-order valence-corrected chi connectivity index (χ3v) is 6.35. The summed E-state index contributed by atoms with van der Waals surface area (Å²) in [5.41, 5.74) is 5.67. The second-order valence-electron chi connectivity index (χ2n) is 9.17. The first kappa shape index (κ1) is 26.2. The largest absolute Gasteiger partial charge is 0.354 e. The quantitative estimate of drug-likeness (QED) is 0.371. The number of rotatable bonds is 12. The van der Waals surface area contributed by atoms with Crippen LogP contribution in [0, 0.1) is 6.92 Å². The van der Waals surface area contributed by atoms with Crippen LogP contribution in [0.5, 0.6) is 0 Å². The SMILES string of the molecule is CCCNC(=O)C(Cc1ccccc1)N(Cc1ccc(C)cc1)C(=O)CCc1ccc(CC)cc1. The molecule has 0 aliphatic rings. The van der Waals surface area contributed by atoms with Crippen LogP contribution >= 0.6 is 0 Å². The number of nitrogens with one attached hydrogen (secondary N) is 1. The van der Waals surface area contributed by atoms with Gasteiger partial charge in [0, 0.05) is 25.9 Å². The van der Waals surface area contributed by atoms with E-state index >= 15 is 0 Å². The summed E-state index contributed by atoms with van der Waals surface area (Å²) in [5.74, 6) is -0.0961. The number of carbonyl (C=O) groups is 2. The van der Waals surface area contributed by atoms with Crippen LogP contribution < -0.4 is 5.32 Å². The predicted molar refractivity (Wildman–Crippen MR) is 143 cm³/mol. The molecule has 0 aliphatic carbocycles. The lowest BCUT2D eigenvalue weighted by Gasteiger charge is -2.31. The molecular weight excluding hydrogens is 432 g/mol. The number of amides is 2. The standard InChI is InChI=1S/C31H38N2O2/c1-4-21-32-31(35)29(22-27-9-7-6-8-10-27)33(23-28-13-11-24(3)12-14-28)30(34)20-19-26-17-15-25(5-2)16-18-26/h6-18,29H,4-5,19-23H2,1-3H3,(H,32,35). The third-order valence-electron chi connectivity index (χ3n) is 6.35. The Morgan fingerprint density at radius 3 is 2.06 bits per heavy atom. The van der Waals surface area contributed by atoms with Gasteiger partial charge in [0.15, 0.2) is 0 Å². The molecule has 184 valence electrons. The van der Waals surface area contributed by atoms with Crippen molar-refractivity contribution in [3.8, 4) is 0 Å². The average Bonchev–Trinajstić information content (AvgIpc) is 2.89. The highest BCUT2D eigenvalue weighted by Gasteiger charge is 2.30. The number of hydrogen-bond acceptors (Lipinski definition) is 2. The minimum Gasteiger partial charge on any atom is -0.354 e. The number of hydrogen-bond donors (Lipinski definition) is 1. The molecule has 3 aromatic carbocycles. The van der Waals surface area contributed by atoms with Crippen LogP contribution in [0.1, 0.15) is 54.5 Å². The van der Waals surface area contributed by atoms with E-state index in [4.69, 9.17) is 0 Å². The van der Waals surface area contributed by atoms with E-state index in [1.807, 2.05) is 56.3 Å². The van der Waals surface area contributed by atoms with Crippen molar-refractivity contribution in [2.24, 2.45) is 0 Å². The molecule has 0 radical (unpaired) electrons. The lowest BCUT2D eigenvalue weighted by molar-refractivity contribution is -0.141. The molecule has 4 nitrogen and oxygen atoms in total. The van der Waals surface area contributed by atoms with E-state index in [1.54, 1.807) is 4.90 Å². The predicted octanol–water partition coefficient (Wildman–Crippen LogP) is 5.66. The normalized spacial score (nSPS) is 11.6. The minimum absolute atomic E-state index is 0.00211. The molecule has 0 fully saturated rings. The molecule has 0 saturated carbocycles. The Labute approximate surface area is 210 Å². The second-order valence-corrected chi connectivity index (χ2v) is 9.17. The Bertz CT molecular complexity index is 1060. The van der Waals surface area contributed by atoms with Gasteiger partial charge in [0.05, 0.1) is 0 Å². The van der Waals surface area contributed by atoms with Gasteiger partial charge < -0.3 is 10.2 Å². The molecule has 0 spiro atoms. The molecule has 35 heavy (non-hydrogen) atoms. The van der Waals surface area contributed by atoms with E-state index in [2.05, 4.69) is 48.6 Å². The fourth-order valence-corrected chi connectivity index (χ4v) is 4.15. The molecular formula is C31H38N2O2. The van der Waals surface area contributed by atoms with Crippen LogP contribution in [0.25, 0.3) is 0 Å². The summed E-state index contributed by atoms with van der Waals surface area (Å²) in [7, 11) is 0. The van der Waals surface area contributed by atoms with Crippen LogP contribution in [0.2, 0.25) is 0 Å². The monoisotopic (exact) mass is 470 g/mol. The van der Waals surface area contributed by atoms with E-state index in [9.17, 15) is 9.59 Å². The highest BCUT2D eigenvalue weighted by atomic mass is 16.2. The lowest BCUT2D eigenvalue weighted by atomic mass is 10.0. The van der Waals surface area contributed by atoms with Gasteiger partial charge in [-0.1, -0.05) is 98.3 Å². The van der Waals surface area contributed by atoms with E-state index in [1.165, 1.54) is 11.1 Å². The molecule has 1 unspecified atom stereocenters. The van der Waals surface area contributed by atoms with Crippen LogP contribution in [-0.4, -0.2) is 29.3 Å². The maximum absolute atomic E-state index is 13.7. The molecule has 2 amide bonds. The van der Waals surface area contributed by atoms with Crippen molar-refractivity contribution >= 4 is 11.8 Å². The van der Waals surface area contributed by atoms with Gasteiger partial charge >= 0.3 is 0 Å². The van der Waals surface area contributed by atoms with Gasteiger partial charge in [0.25, 0.3) is 0 Å². The van der Waals surface area contributed by atoms with Crippen LogP contribution in [0.3, 0.4) is 0 Å². The summed E-state index contributed by atoms with van der Waals surface area (Å²) < 4.78 is 0. The maximum atomic E-state index is 13.7. The molecule has 1 N–H and O–H groups in total. The Balaban J connectivity index is 1.86. The summed E-state index contributed by atoms with van der Waals surface area (Å²) in [6.07, 6.45) is 3.35. The molecule has 0 bridgehead atoms. The van der Waals surface area contributed by atoms with Gasteiger partial charge in [-0.15, -0.1) is 0 Å². The Morgan fingerprint density at radius 1 is 0.800 bits per heavy atom. The first-order chi connectivity index (χ1) is 17.0. The molecule has 3 aromatic rings. The summed E-state index contributed by atoms with van der Waals surface area (Å²) in [4.78, 5) is 28.8. The van der Waals surface area contributed by atoms with Crippen LogP contribution in [-0.2, 0) is 35.4 Å². The molecule has 0 heterocycles. The smallest absolute Gasteiger partial charge is 0.243 e. The van der Waals surface area contributed by atoms with Crippen molar-refractivity contribution < 1.29 is 9.59 Å². The van der Waals surface area contributed by atoms with Crippen LogP contribution in [0.15, 0.2) is 78.9 Å². The third kappa shape index (κ3) is 8.10. The van der Waals surface area contributed by atoms with Crippen molar-refractivity contribution in [2.75, 3.05) is 6.54 Å². The first-order valence-corrected chi connectivity index (χ1v) is 12.7. The number of benzene rings is 3. The number of carbonyl (C=O) groups excluding carboxylic acids is 2.